The van der Waals surface area contributed by atoms with Crippen LogP contribution in [0.5, 0.6) is 5.75 Å². The molecule has 0 unspecified atom stereocenters. The van der Waals surface area contributed by atoms with Gasteiger partial charge in [0, 0.05) is 13.2 Å². The van der Waals surface area contributed by atoms with Gasteiger partial charge in [-0.25, -0.2) is 18.9 Å². The number of primary amides is 1. The number of ether oxygens (including phenoxy) is 3. The molecule has 1 aromatic carbocycles. The number of methoxy groups -OCH3 is 2. The molecule has 0 saturated heterocycles. The van der Waals surface area contributed by atoms with E-state index in [2.05, 4.69) is 15.5 Å². The predicted molar refractivity (Wildman–Crippen MR) is 104 cm³/mol. The monoisotopic (exact) mass is 439 g/mol. The minimum absolute atomic E-state index is 0.0532. The highest BCUT2D eigenvalue weighted by atomic mass is 19.2. The number of nitrogens with zero attached hydrogens (tertiary/aromatic N) is 1. The number of benzene rings is 1. The van der Waals surface area contributed by atoms with Crippen LogP contribution in [0.25, 0.3) is 0 Å². The second kappa shape index (κ2) is 10.4. The lowest BCUT2D eigenvalue weighted by Crippen LogP contribution is -2.82. The van der Waals surface area contributed by atoms with E-state index in [1.54, 1.807) is 7.11 Å². The van der Waals surface area contributed by atoms with Crippen LogP contribution in [0.1, 0.15) is 46.5 Å². The molecule has 0 aliphatic heterocycles. The number of rotatable bonds is 8. The van der Waals surface area contributed by atoms with Crippen LogP contribution >= 0.6 is 0 Å². The van der Waals surface area contributed by atoms with Crippen molar-refractivity contribution in [2.45, 2.75) is 37.8 Å². The summed E-state index contributed by atoms with van der Waals surface area (Å²) in [6.45, 7) is 0.236. The van der Waals surface area contributed by atoms with Crippen molar-refractivity contribution in [3.8, 4) is 5.75 Å². The van der Waals surface area contributed by atoms with E-state index in [1.165, 1.54) is 13.3 Å². The number of aromatic nitrogens is 2. The molecule has 2 aromatic rings. The first-order chi connectivity index (χ1) is 14.9. The summed E-state index contributed by atoms with van der Waals surface area (Å²) >= 11 is 0. The van der Waals surface area contributed by atoms with Crippen molar-refractivity contribution in [2.24, 2.45) is 0 Å². The Bertz CT molecular complexity index is 928. The number of quaternary nitrogens is 1. The van der Waals surface area contributed by atoms with Crippen LogP contribution in [0, 0.1) is 11.6 Å². The van der Waals surface area contributed by atoms with E-state index in [4.69, 9.17) is 14.2 Å². The zero-order valence-corrected chi connectivity index (χ0v) is 17.2. The minimum Gasteiger partial charge on any atom is -0.496 e. The lowest BCUT2D eigenvalue weighted by Gasteiger charge is -2.28. The number of carbonyl (C=O) groups excluding carboxylic acids is 2. The van der Waals surface area contributed by atoms with Crippen LogP contribution in [-0.4, -0.2) is 55.2 Å². The molecule has 1 aliphatic rings. The van der Waals surface area contributed by atoms with Gasteiger partial charge < -0.3 is 19.5 Å². The van der Waals surface area contributed by atoms with Gasteiger partial charge in [-0.3, -0.25) is 9.89 Å². The molecular formula is C20H25F2N4O5+. The van der Waals surface area contributed by atoms with Crippen LogP contribution < -0.4 is 15.4 Å². The van der Waals surface area contributed by atoms with Gasteiger partial charge in [0.05, 0.1) is 13.2 Å². The summed E-state index contributed by atoms with van der Waals surface area (Å²) in [6, 6.07) is 1.98. The first-order valence-electron chi connectivity index (χ1n) is 9.80. The molecule has 1 aromatic heterocycles. The first kappa shape index (κ1) is 22.8. The normalized spacial score (nSPS) is 18.6. The quantitative estimate of drug-likeness (QED) is 0.535. The molecule has 2 amide bonds. The van der Waals surface area contributed by atoms with Crippen LogP contribution in [0.3, 0.4) is 0 Å². The zero-order chi connectivity index (χ0) is 22.4. The highest BCUT2D eigenvalue weighted by molar-refractivity contribution is 5.98. The summed E-state index contributed by atoms with van der Waals surface area (Å²) in [6.07, 6.45) is 4.40. The number of nitrogens with one attached hydrogen (secondary N) is 2. The maximum absolute atomic E-state index is 14.2. The molecule has 168 valence electrons. The minimum atomic E-state index is -1.32. The maximum atomic E-state index is 14.2. The molecule has 31 heavy (non-hydrogen) atoms. The number of carbonyl (C=O) groups is 2. The summed E-state index contributed by atoms with van der Waals surface area (Å²) < 4.78 is 43.2. The Morgan fingerprint density at radius 3 is 2.65 bits per heavy atom. The molecule has 4 N–H and O–H groups in total. The molecule has 0 atom stereocenters. The van der Waals surface area contributed by atoms with Gasteiger partial charge in [0.25, 0.3) is 5.91 Å². The summed E-state index contributed by atoms with van der Waals surface area (Å²) in [4.78, 5) is 25.3. The van der Waals surface area contributed by atoms with Crippen LogP contribution in [0.4, 0.5) is 14.5 Å². The number of nitrogens with two attached hydrogens (primary N) is 1. The Hall–Kier alpha value is -2.89. The maximum Gasteiger partial charge on any atom is 0.354 e. The second-order valence-corrected chi connectivity index (χ2v) is 7.17. The van der Waals surface area contributed by atoms with Crippen LogP contribution in [0.15, 0.2) is 18.3 Å². The average Bonchev–Trinajstić information content (AvgIpc) is 3.23. The summed E-state index contributed by atoms with van der Waals surface area (Å²) in [5, 5.41) is 10.3. The number of halogens is 2. The SMILES string of the molecule is COCOC1CCC(NC(=O)c2[nH]ncc2[NH2+]C(=O)c2c(OC)ccc(F)c2F)CC1. The molecule has 1 fully saturated rings. The second-order valence-electron chi connectivity index (χ2n) is 7.17. The van der Waals surface area contributed by atoms with Crippen molar-refractivity contribution in [1.82, 2.24) is 15.5 Å². The Morgan fingerprint density at radius 1 is 1.23 bits per heavy atom. The summed E-state index contributed by atoms with van der Waals surface area (Å²) in [5.74, 6) is -3.89. The van der Waals surface area contributed by atoms with E-state index in [0.717, 1.165) is 43.1 Å². The fourth-order valence-electron chi connectivity index (χ4n) is 3.53. The molecule has 1 aliphatic carbocycles. The molecule has 9 nitrogen and oxygen atoms in total. The van der Waals surface area contributed by atoms with Crippen LogP contribution in [-0.2, 0) is 9.47 Å². The van der Waals surface area contributed by atoms with Gasteiger partial charge >= 0.3 is 5.91 Å². The van der Waals surface area contributed by atoms with Crippen molar-refractivity contribution in [2.75, 3.05) is 21.0 Å². The van der Waals surface area contributed by atoms with Crippen molar-refractivity contribution in [3.05, 3.63) is 41.2 Å². The predicted octanol–water partition coefficient (Wildman–Crippen LogP) is 1.39. The number of aromatic amines is 1. The number of amides is 2. The molecular weight excluding hydrogens is 414 g/mol. The van der Waals surface area contributed by atoms with Crippen molar-refractivity contribution in [1.29, 1.82) is 0 Å². The average molecular weight is 439 g/mol. The van der Waals surface area contributed by atoms with E-state index >= 15 is 0 Å². The van der Waals surface area contributed by atoms with Gasteiger partial charge in [-0.2, -0.15) is 5.10 Å². The third-order valence-electron chi connectivity index (χ3n) is 5.14. The molecule has 1 saturated carbocycles. The van der Waals surface area contributed by atoms with Gasteiger partial charge in [-0.05, 0) is 37.8 Å². The van der Waals surface area contributed by atoms with E-state index in [1.807, 2.05) is 0 Å². The van der Waals surface area contributed by atoms with Gasteiger partial charge in [0.15, 0.2) is 28.6 Å². The van der Waals surface area contributed by atoms with Gasteiger partial charge in [-0.1, -0.05) is 0 Å². The largest absolute Gasteiger partial charge is 0.496 e. The standard InChI is InChI=1S/C20H24F2N4O5/c1-29-10-31-12-5-3-11(4-6-12)24-20(28)18-14(9-23-26-18)25-19(27)16-15(30-2)8-7-13(21)17(16)22/h7-9,11-12H,3-6,10H2,1-2H3,(H,23,26)(H,24,28)(H,25,27)/p+1. The van der Waals surface area contributed by atoms with Crippen molar-refractivity contribution >= 4 is 17.5 Å². The Labute approximate surface area is 177 Å². The van der Waals surface area contributed by atoms with Crippen molar-refractivity contribution < 1.29 is 37.9 Å². The summed E-state index contributed by atoms with van der Waals surface area (Å²) in [5.41, 5.74) is -0.336. The van der Waals surface area contributed by atoms with E-state index < -0.39 is 29.0 Å². The zero-order valence-electron chi connectivity index (χ0n) is 17.2. The van der Waals surface area contributed by atoms with Crippen LogP contribution in [0.2, 0.25) is 0 Å². The Kier molecular flexibility index (Phi) is 7.66. The lowest BCUT2D eigenvalue weighted by molar-refractivity contribution is -0.464. The van der Waals surface area contributed by atoms with E-state index in [-0.39, 0.29) is 36.1 Å². The van der Waals surface area contributed by atoms with Crippen molar-refractivity contribution in [3.63, 3.8) is 0 Å². The molecule has 11 heteroatoms. The Morgan fingerprint density at radius 2 is 1.97 bits per heavy atom. The van der Waals surface area contributed by atoms with Gasteiger partial charge in [0.1, 0.15) is 18.7 Å². The third-order valence-corrected chi connectivity index (χ3v) is 5.14. The lowest BCUT2D eigenvalue weighted by atomic mass is 9.93. The highest BCUT2D eigenvalue weighted by Gasteiger charge is 2.29. The Balaban J connectivity index is 1.65. The first-order valence-corrected chi connectivity index (χ1v) is 9.80. The molecule has 0 bridgehead atoms. The summed E-state index contributed by atoms with van der Waals surface area (Å²) in [7, 11) is 2.81. The number of hydrogen-bond donors (Lipinski definition) is 3. The molecule has 0 spiro atoms. The third kappa shape index (κ3) is 5.43. The number of H-pyrrole nitrogens is 1. The van der Waals surface area contributed by atoms with E-state index in [9.17, 15) is 18.4 Å². The number of hydrogen-bond acceptors (Lipinski definition) is 6. The van der Waals surface area contributed by atoms with Gasteiger partial charge in [0.2, 0.25) is 0 Å². The fraction of sp³-hybridized carbons (Fsp3) is 0.450. The van der Waals surface area contributed by atoms with Gasteiger partial charge in [-0.15, -0.1) is 0 Å². The topological polar surface area (TPSA) is 119 Å². The molecule has 3 rings (SSSR count). The highest BCUT2D eigenvalue weighted by Crippen LogP contribution is 2.24. The molecule has 1 heterocycles. The smallest absolute Gasteiger partial charge is 0.354 e. The molecule has 0 radical (unpaired) electrons. The fourth-order valence-corrected chi connectivity index (χ4v) is 3.53. The van der Waals surface area contributed by atoms with E-state index in [0.29, 0.717) is 0 Å².